The molecule has 0 aromatic rings. The molecule has 0 rings (SSSR count). The van der Waals surface area contributed by atoms with Gasteiger partial charge in [0.15, 0.2) is 0 Å². The summed E-state index contributed by atoms with van der Waals surface area (Å²) in [6, 6.07) is 0. The third-order valence-electron chi connectivity index (χ3n) is 0.652. The highest BCUT2D eigenvalue weighted by molar-refractivity contribution is 5.80. The second kappa shape index (κ2) is 3.07. The Morgan fingerprint density at radius 2 is 2.12 bits per heavy atom. The highest BCUT2D eigenvalue weighted by atomic mass is 16.4. The predicted molar refractivity (Wildman–Crippen MR) is 28.6 cm³/mol. The van der Waals surface area contributed by atoms with Crippen molar-refractivity contribution in [3.05, 3.63) is 11.8 Å². The van der Waals surface area contributed by atoms with Crippen LogP contribution in [0.15, 0.2) is 11.8 Å². The first kappa shape index (κ1) is 7.01. The SMILES string of the molecule is CCC(O)=CC(=O)O. The maximum atomic E-state index is 9.73. The molecule has 0 bridgehead atoms. The molecule has 0 aliphatic carbocycles. The van der Waals surface area contributed by atoms with E-state index in [1.54, 1.807) is 6.92 Å². The summed E-state index contributed by atoms with van der Waals surface area (Å²) in [6.07, 6.45) is 1.15. The number of carboxylic acids is 1. The van der Waals surface area contributed by atoms with Crippen molar-refractivity contribution in [2.45, 2.75) is 13.3 Å². The molecule has 3 heteroatoms. The standard InChI is InChI=1S/C5H8O3/c1-2-4(6)3-5(7)8/h3,6H,2H2,1H3,(H,7,8). The molecule has 3 nitrogen and oxygen atoms in total. The number of aliphatic hydroxyl groups excluding tert-OH is 1. The molecule has 0 aromatic heterocycles. The molecule has 0 fully saturated rings. The Labute approximate surface area is 47.3 Å². The van der Waals surface area contributed by atoms with Crippen molar-refractivity contribution < 1.29 is 15.0 Å². The van der Waals surface area contributed by atoms with Crippen LogP contribution in [-0.2, 0) is 4.79 Å². The van der Waals surface area contributed by atoms with E-state index in [-0.39, 0.29) is 5.76 Å². The Balaban J connectivity index is 3.75. The summed E-state index contributed by atoms with van der Waals surface area (Å²) in [7, 11) is 0. The van der Waals surface area contributed by atoms with Crippen LogP contribution in [0.1, 0.15) is 13.3 Å². The molecule has 0 amide bonds. The summed E-state index contributed by atoms with van der Waals surface area (Å²) >= 11 is 0. The molecular weight excluding hydrogens is 108 g/mol. The number of hydrogen-bond donors (Lipinski definition) is 2. The fourth-order valence-corrected chi connectivity index (χ4v) is 0.245. The molecule has 0 unspecified atom stereocenters. The van der Waals surface area contributed by atoms with Crippen molar-refractivity contribution in [3.8, 4) is 0 Å². The lowest BCUT2D eigenvalue weighted by Crippen LogP contribution is -1.89. The van der Waals surface area contributed by atoms with Crippen molar-refractivity contribution in [1.29, 1.82) is 0 Å². The van der Waals surface area contributed by atoms with E-state index in [4.69, 9.17) is 10.2 Å². The van der Waals surface area contributed by atoms with Crippen LogP contribution in [0.4, 0.5) is 0 Å². The molecule has 0 atom stereocenters. The van der Waals surface area contributed by atoms with Crippen LogP contribution < -0.4 is 0 Å². The Kier molecular flexibility index (Phi) is 2.69. The van der Waals surface area contributed by atoms with Crippen LogP contribution in [0.2, 0.25) is 0 Å². The van der Waals surface area contributed by atoms with E-state index in [0.717, 1.165) is 6.08 Å². The lowest BCUT2D eigenvalue weighted by molar-refractivity contribution is -0.131. The predicted octanol–water partition coefficient (Wildman–Crippen LogP) is 0.923. The van der Waals surface area contributed by atoms with Gasteiger partial charge in [0, 0.05) is 6.42 Å². The molecule has 0 aliphatic heterocycles. The molecule has 46 valence electrons. The highest BCUT2D eigenvalue weighted by Gasteiger charge is 1.90. The lowest BCUT2D eigenvalue weighted by atomic mass is 10.4. The largest absolute Gasteiger partial charge is 0.512 e. The molecule has 0 spiro atoms. The summed E-state index contributed by atoms with van der Waals surface area (Å²) in [5.74, 6) is -1.21. The molecule has 2 N–H and O–H groups in total. The van der Waals surface area contributed by atoms with Gasteiger partial charge in [0.05, 0.1) is 11.8 Å². The van der Waals surface area contributed by atoms with Gasteiger partial charge < -0.3 is 10.2 Å². The van der Waals surface area contributed by atoms with Crippen LogP contribution in [0.5, 0.6) is 0 Å². The molecule has 0 heterocycles. The Bertz CT molecular complexity index is 115. The zero-order valence-electron chi connectivity index (χ0n) is 4.59. The molecule has 0 radical (unpaired) electrons. The molecule has 0 aromatic carbocycles. The van der Waals surface area contributed by atoms with Crippen LogP contribution >= 0.6 is 0 Å². The summed E-state index contributed by atoms with van der Waals surface area (Å²) < 4.78 is 0. The minimum atomic E-state index is -1.11. The number of aliphatic carboxylic acids is 1. The number of aliphatic hydroxyl groups is 1. The summed E-state index contributed by atoms with van der Waals surface area (Å²) in [5, 5.41) is 16.5. The monoisotopic (exact) mass is 116 g/mol. The Morgan fingerprint density at radius 1 is 1.62 bits per heavy atom. The minimum absolute atomic E-state index is 0.0995. The minimum Gasteiger partial charge on any atom is -0.512 e. The van der Waals surface area contributed by atoms with Gasteiger partial charge in [0.25, 0.3) is 0 Å². The number of carboxylic acid groups (broad SMARTS) is 1. The normalized spacial score (nSPS) is 11.4. The average molecular weight is 116 g/mol. The third-order valence-corrected chi connectivity index (χ3v) is 0.652. The zero-order valence-corrected chi connectivity index (χ0v) is 4.59. The average Bonchev–Trinajstić information content (AvgIpc) is 1.65. The zero-order chi connectivity index (χ0) is 6.57. The summed E-state index contributed by atoms with van der Waals surface area (Å²) in [6.45, 7) is 1.68. The fourth-order valence-electron chi connectivity index (χ4n) is 0.245. The van der Waals surface area contributed by atoms with Crippen LogP contribution in [0, 0.1) is 0 Å². The summed E-state index contributed by atoms with van der Waals surface area (Å²) in [4.78, 5) is 9.73. The quantitative estimate of drug-likeness (QED) is 0.416. The second-order valence-corrected chi connectivity index (χ2v) is 1.33. The number of hydrogen-bond acceptors (Lipinski definition) is 2. The fraction of sp³-hybridized carbons (Fsp3) is 0.400. The third kappa shape index (κ3) is 3.21. The first-order valence-electron chi connectivity index (χ1n) is 2.29. The van der Waals surface area contributed by atoms with E-state index in [1.165, 1.54) is 0 Å². The van der Waals surface area contributed by atoms with E-state index >= 15 is 0 Å². The van der Waals surface area contributed by atoms with Crippen molar-refractivity contribution in [2.24, 2.45) is 0 Å². The van der Waals surface area contributed by atoms with Crippen molar-refractivity contribution >= 4 is 5.97 Å². The topological polar surface area (TPSA) is 57.5 Å². The van der Waals surface area contributed by atoms with Crippen LogP contribution in [0.25, 0.3) is 0 Å². The second-order valence-electron chi connectivity index (χ2n) is 1.33. The van der Waals surface area contributed by atoms with Crippen LogP contribution in [0.3, 0.4) is 0 Å². The van der Waals surface area contributed by atoms with Crippen molar-refractivity contribution in [1.82, 2.24) is 0 Å². The lowest BCUT2D eigenvalue weighted by Gasteiger charge is -1.87. The maximum absolute atomic E-state index is 9.73. The maximum Gasteiger partial charge on any atom is 0.331 e. The van der Waals surface area contributed by atoms with E-state index in [2.05, 4.69) is 0 Å². The van der Waals surface area contributed by atoms with E-state index in [0.29, 0.717) is 6.42 Å². The first-order valence-corrected chi connectivity index (χ1v) is 2.29. The first-order chi connectivity index (χ1) is 3.66. The number of allylic oxidation sites excluding steroid dienone is 1. The van der Waals surface area contributed by atoms with Gasteiger partial charge in [-0.15, -0.1) is 0 Å². The van der Waals surface area contributed by atoms with Crippen LogP contribution in [-0.4, -0.2) is 16.2 Å². The Hall–Kier alpha value is -0.990. The van der Waals surface area contributed by atoms with Crippen molar-refractivity contribution in [2.75, 3.05) is 0 Å². The van der Waals surface area contributed by atoms with E-state index in [1.807, 2.05) is 0 Å². The summed E-state index contributed by atoms with van der Waals surface area (Å²) in [5.41, 5.74) is 0. The highest BCUT2D eigenvalue weighted by Crippen LogP contribution is 1.91. The van der Waals surface area contributed by atoms with Gasteiger partial charge in [-0.3, -0.25) is 0 Å². The Morgan fingerprint density at radius 3 is 2.25 bits per heavy atom. The van der Waals surface area contributed by atoms with Crippen molar-refractivity contribution in [3.63, 3.8) is 0 Å². The molecular formula is C5H8O3. The molecule has 0 saturated carbocycles. The molecule has 8 heavy (non-hydrogen) atoms. The van der Waals surface area contributed by atoms with Gasteiger partial charge in [0.2, 0.25) is 0 Å². The van der Waals surface area contributed by atoms with E-state index < -0.39 is 5.97 Å². The van der Waals surface area contributed by atoms with Gasteiger partial charge in [-0.25, -0.2) is 4.79 Å². The van der Waals surface area contributed by atoms with E-state index in [9.17, 15) is 4.79 Å². The number of rotatable bonds is 2. The van der Waals surface area contributed by atoms with Gasteiger partial charge in [0.1, 0.15) is 0 Å². The molecule has 0 aliphatic rings. The van der Waals surface area contributed by atoms with Gasteiger partial charge in [-0.2, -0.15) is 0 Å². The number of carbonyl (C=O) groups is 1. The molecule has 0 saturated heterocycles. The van der Waals surface area contributed by atoms with Gasteiger partial charge in [-0.05, 0) is 0 Å². The van der Waals surface area contributed by atoms with Gasteiger partial charge in [-0.1, -0.05) is 6.92 Å². The van der Waals surface area contributed by atoms with Gasteiger partial charge >= 0.3 is 5.97 Å². The smallest absolute Gasteiger partial charge is 0.331 e.